The molecular formula is C17H20. The van der Waals surface area contributed by atoms with Gasteiger partial charge in [-0.3, -0.25) is 0 Å². The van der Waals surface area contributed by atoms with Crippen molar-refractivity contribution in [1.29, 1.82) is 0 Å². The van der Waals surface area contributed by atoms with Crippen LogP contribution in [0.5, 0.6) is 0 Å². The van der Waals surface area contributed by atoms with Gasteiger partial charge in [0.05, 0.1) is 0 Å². The molecule has 0 aliphatic heterocycles. The van der Waals surface area contributed by atoms with E-state index in [4.69, 9.17) is 0 Å². The van der Waals surface area contributed by atoms with Crippen LogP contribution in [0.15, 0.2) is 60.7 Å². The molecule has 1 aromatic carbocycles. The summed E-state index contributed by atoms with van der Waals surface area (Å²) in [6.45, 7) is 14.1. The van der Waals surface area contributed by atoms with Crippen molar-refractivity contribution in [3.63, 3.8) is 0 Å². The van der Waals surface area contributed by atoms with Crippen LogP contribution < -0.4 is 0 Å². The van der Waals surface area contributed by atoms with E-state index in [1.807, 2.05) is 32.9 Å². The molecule has 0 nitrogen and oxygen atoms in total. The minimum Gasteiger partial charge on any atom is -0.0955 e. The van der Waals surface area contributed by atoms with Crippen molar-refractivity contribution in [3.05, 3.63) is 71.8 Å². The first kappa shape index (κ1) is 13.2. The van der Waals surface area contributed by atoms with Crippen molar-refractivity contribution in [2.45, 2.75) is 20.8 Å². The van der Waals surface area contributed by atoms with Crippen molar-refractivity contribution in [1.82, 2.24) is 0 Å². The molecule has 0 radical (unpaired) electrons. The maximum atomic E-state index is 4.09. The van der Waals surface area contributed by atoms with Gasteiger partial charge in [0.1, 0.15) is 0 Å². The van der Waals surface area contributed by atoms with Crippen LogP contribution in [0.1, 0.15) is 31.9 Å². The monoisotopic (exact) mass is 224 g/mol. The molecule has 0 saturated heterocycles. The Hall–Kier alpha value is -1.82. The minimum atomic E-state index is 1.05. The highest BCUT2D eigenvalue weighted by Gasteiger charge is 2.06. The van der Waals surface area contributed by atoms with E-state index < -0.39 is 0 Å². The highest BCUT2D eigenvalue weighted by Crippen LogP contribution is 2.27. The second-order valence-corrected chi connectivity index (χ2v) is 3.83. The average molecular weight is 224 g/mol. The Morgan fingerprint density at radius 2 is 1.71 bits per heavy atom. The Labute approximate surface area is 105 Å². The third-order valence-electron chi connectivity index (χ3n) is 2.57. The van der Waals surface area contributed by atoms with E-state index in [9.17, 15) is 0 Å². The molecule has 0 saturated carbocycles. The second kappa shape index (κ2) is 6.05. The van der Waals surface area contributed by atoms with Crippen LogP contribution >= 0.6 is 0 Å². The fraction of sp³-hybridized carbons (Fsp3) is 0.176. The van der Waals surface area contributed by atoms with E-state index in [2.05, 4.69) is 43.5 Å². The number of hydrogen-bond acceptors (Lipinski definition) is 0. The van der Waals surface area contributed by atoms with Crippen LogP contribution in [0.2, 0.25) is 0 Å². The van der Waals surface area contributed by atoms with Crippen molar-refractivity contribution in [2.24, 2.45) is 0 Å². The molecule has 0 amide bonds. The SMILES string of the molecule is C=C(C)C1=CC(=C)c2ccccc2C=C1.CC. The first-order valence-electron chi connectivity index (χ1n) is 6.02. The van der Waals surface area contributed by atoms with Crippen LogP contribution in [0.25, 0.3) is 11.6 Å². The summed E-state index contributed by atoms with van der Waals surface area (Å²) < 4.78 is 0. The van der Waals surface area contributed by atoms with Gasteiger partial charge in [-0.25, -0.2) is 0 Å². The number of fused-ring (bicyclic) bond motifs is 1. The summed E-state index contributed by atoms with van der Waals surface area (Å²) in [5.74, 6) is 0. The molecule has 17 heavy (non-hydrogen) atoms. The van der Waals surface area contributed by atoms with Gasteiger partial charge in [-0.15, -0.1) is 0 Å². The van der Waals surface area contributed by atoms with Gasteiger partial charge < -0.3 is 0 Å². The molecule has 0 atom stereocenters. The fourth-order valence-corrected chi connectivity index (χ4v) is 1.69. The standard InChI is InChI=1S/C15H14.C2H6/c1-11(2)14-9-8-13-6-4-5-7-15(13)12(3)10-14;1-2/h4-10H,1,3H2,2H3;1-2H3. The zero-order valence-corrected chi connectivity index (χ0v) is 11.0. The lowest BCUT2D eigenvalue weighted by atomic mass is 10.0. The van der Waals surface area contributed by atoms with Gasteiger partial charge in [0.2, 0.25) is 0 Å². The Kier molecular flexibility index (Phi) is 4.71. The highest BCUT2D eigenvalue weighted by molar-refractivity contribution is 5.83. The molecule has 0 bridgehead atoms. The molecule has 1 aliphatic carbocycles. The quantitative estimate of drug-likeness (QED) is 0.610. The van der Waals surface area contributed by atoms with Gasteiger partial charge >= 0.3 is 0 Å². The van der Waals surface area contributed by atoms with E-state index >= 15 is 0 Å². The van der Waals surface area contributed by atoms with Crippen LogP contribution in [0, 0.1) is 0 Å². The van der Waals surface area contributed by atoms with Crippen molar-refractivity contribution >= 4 is 11.6 Å². The van der Waals surface area contributed by atoms with Crippen LogP contribution in [-0.2, 0) is 0 Å². The molecule has 0 heteroatoms. The van der Waals surface area contributed by atoms with Gasteiger partial charge in [-0.1, -0.05) is 69.0 Å². The minimum absolute atomic E-state index is 1.05. The Balaban J connectivity index is 0.000000686. The second-order valence-electron chi connectivity index (χ2n) is 3.83. The van der Waals surface area contributed by atoms with Crippen molar-refractivity contribution in [2.75, 3.05) is 0 Å². The predicted octanol–water partition coefficient (Wildman–Crippen LogP) is 5.26. The summed E-state index contributed by atoms with van der Waals surface area (Å²) >= 11 is 0. The lowest BCUT2D eigenvalue weighted by molar-refractivity contribution is 1.47. The third-order valence-corrected chi connectivity index (χ3v) is 2.57. The Morgan fingerprint density at radius 3 is 2.35 bits per heavy atom. The van der Waals surface area contributed by atoms with Crippen LogP contribution in [0.4, 0.5) is 0 Å². The van der Waals surface area contributed by atoms with Gasteiger partial charge in [-0.2, -0.15) is 0 Å². The summed E-state index contributed by atoms with van der Waals surface area (Å²) in [7, 11) is 0. The van der Waals surface area contributed by atoms with E-state index in [1.54, 1.807) is 0 Å². The topological polar surface area (TPSA) is 0 Å². The maximum absolute atomic E-state index is 4.09. The predicted molar refractivity (Wildman–Crippen MR) is 78.8 cm³/mol. The smallest absolute Gasteiger partial charge is 0.0117 e. The first-order valence-corrected chi connectivity index (χ1v) is 6.02. The average Bonchev–Trinajstić information content (AvgIpc) is 2.52. The highest BCUT2D eigenvalue weighted by atomic mass is 14.1. The number of allylic oxidation sites excluding steroid dienone is 5. The van der Waals surface area contributed by atoms with Gasteiger partial charge in [-0.05, 0) is 35.3 Å². The normalized spacial score (nSPS) is 12.9. The summed E-state index contributed by atoms with van der Waals surface area (Å²) in [6, 6.07) is 8.28. The molecule has 0 spiro atoms. The van der Waals surface area contributed by atoms with Crippen molar-refractivity contribution < 1.29 is 0 Å². The van der Waals surface area contributed by atoms with E-state index in [1.165, 1.54) is 11.1 Å². The lowest BCUT2D eigenvalue weighted by Crippen LogP contribution is -1.83. The van der Waals surface area contributed by atoms with Gasteiger partial charge in [0.15, 0.2) is 0 Å². The summed E-state index contributed by atoms with van der Waals surface area (Å²) in [5.41, 5.74) is 5.69. The molecule has 0 fully saturated rings. The molecule has 0 N–H and O–H groups in total. The fourth-order valence-electron chi connectivity index (χ4n) is 1.69. The summed E-state index contributed by atoms with van der Waals surface area (Å²) in [6.07, 6.45) is 6.30. The number of rotatable bonds is 1. The summed E-state index contributed by atoms with van der Waals surface area (Å²) in [5, 5.41) is 0. The van der Waals surface area contributed by atoms with E-state index in [0.29, 0.717) is 0 Å². The Morgan fingerprint density at radius 1 is 1.06 bits per heavy atom. The Bertz CT molecular complexity index is 485. The zero-order valence-electron chi connectivity index (χ0n) is 11.0. The van der Waals surface area contributed by atoms with E-state index in [0.717, 1.165) is 16.7 Å². The van der Waals surface area contributed by atoms with Crippen LogP contribution in [0.3, 0.4) is 0 Å². The lowest BCUT2D eigenvalue weighted by Gasteiger charge is -2.03. The molecule has 2 rings (SSSR count). The van der Waals surface area contributed by atoms with Gasteiger partial charge in [0, 0.05) is 0 Å². The molecule has 1 aliphatic rings. The largest absolute Gasteiger partial charge is 0.0955 e. The molecule has 88 valence electrons. The molecule has 1 aromatic rings. The molecule has 0 aromatic heterocycles. The maximum Gasteiger partial charge on any atom is -0.0117 e. The van der Waals surface area contributed by atoms with Crippen LogP contribution in [-0.4, -0.2) is 0 Å². The molecular weight excluding hydrogens is 204 g/mol. The summed E-state index contributed by atoms with van der Waals surface area (Å²) in [4.78, 5) is 0. The molecule has 0 heterocycles. The zero-order chi connectivity index (χ0) is 12.8. The number of hydrogen-bond donors (Lipinski definition) is 0. The third kappa shape index (κ3) is 3.07. The van der Waals surface area contributed by atoms with E-state index in [-0.39, 0.29) is 0 Å². The van der Waals surface area contributed by atoms with Gasteiger partial charge in [0.25, 0.3) is 0 Å². The number of benzene rings is 1. The van der Waals surface area contributed by atoms with Crippen molar-refractivity contribution in [3.8, 4) is 0 Å². The molecule has 0 unspecified atom stereocenters. The first-order chi connectivity index (χ1) is 8.18.